The Balaban J connectivity index is 1.86. The smallest absolute Gasteiger partial charge is 0.422 e. The summed E-state index contributed by atoms with van der Waals surface area (Å²) in [5, 5.41) is 2.85. The second-order valence-electron chi connectivity index (χ2n) is 5.24. The standard InChI is InChI=1S/C15H19F3N2O3/c1-11(19-14(21)20-6-8-22-9-7-20)12-2-4-13(5-3-12)23-10-15(16,17)18/h2-5,11H,6-10H2,1H3,(H,19,21). The van der Waals surface area contributed by atoms with E-state index in [1.165, 1.54) is 12.1 Å². The van der Waals surface area contributed by atoms with Crippen molar-refractivity contribution in [2.45, 2.75) is 19.1 Å². The van der Waals surface area contributed by atoms with Crippen LogP contribution < -0.4 is 10.1 Å². The molecule has 1 saturated heterocycles. The second-order valence-corrected chi connectivity index (χ2v) is 5.24. The minimum atomic E-state index is -4.36. The average Bonchev–Trinajstić information content (AvgIpc) is 2.53. The van der Waals surface area contributed by atoms with E-state index >= 15 is 0 Å². The minimum absolute atomic E-state index is 0.137. The Hall–Kier alpha value is -1.96. The summed E-state index contributed by atoms with van der Waals surface area (Å²) in [6.45, 7) is 2.62. The van der Waals surface area contributed by atoms with Crippen LogP contribution in [0, 0.1) is 0 Å². The van der Waals surface area contributed by atoms with Crippen LogP contribution in [0.15, 0.2) is 24.3 Å². The van der Waals surface area contributed by atoms with Gasteiger partial charge in [0.2, 0.25) is 0 Å². The van der Waals surface area contributed by atoms with Crippen molar-refractivity contribution in [3.8, 4) is 5.75 Å². The first-order valence-electron chi connectivity index (χ1n) is 7.28. The molecular formula is C15H19F3N2O3. The number of benzene rings is 1. The van der Waals surface area contributed by atoms with Crippen LogP contribution >= 0.6 is 0 Å². The number of amides is 2. The molecule has 0 radical (unpaired) electrons. The maximum Gasteiger partial charge on any atom is 0.422 e. The van der Waals surface area contributed by atoms with Gasteiger partial charge in [-0.05, 0) is 24.6 Å². The van der Waals surface area contributed by atoms with Crippen LogP contribution in [-0.2, 0) is 4.74 Å². The van der Waals surface area contributed by atoms with Gasteiger partial charge in [0.15, 0.2) is 6.61 Å². The van der Waals surface area contributed by atoms with Gasteiger partial charge in [-0.15, -0.1) is 0 Å². The molecule has 1 aliphatic heterocycles. The van der Waals surface area contributed by atoms with E-state index in [1.54, 1.807) is 17.0 Å². The highest BCUT2D eigenvalue weighted by Crippen LogP contribution is 2.21. The van der Waals surface area contributed by atoms with Crippen LogP contribution in [-0.4, -0.2) is 50.0 Å². The molecule has 1 atom stereocenters. The van der Waals surface area contributed by atoms with E-state index in [1.807, 2.05) is 6.92 Å². The summed E-state index contributed by atoms with van der Waals surface area (Å²) in [5.41, 5.74) is 0.783. The van der Waals surface area contributed by atoms with Crippen molar-refractivity contribution in [3.63, 3.8) is 0 Å². The number of alkyl halides is 3. The highest BCUT2D eigenvalue weighted by Gasteiger charge is 2.28. The van der Waals surface area contributed by atoms with Gasteiger partial charge in [-0.1, -0.05) is 12.1 Å². The summed E-state index contributed by atoms with van der Waals surface area (Å²) in [6.07, 6.45) is -4.36. The summed E-state index contributed by atoms with van der Waals surface area (Å²) in [5.74, 6) is 0.137. The molecule has 5 nitrogen and oxygen atoms in total. The van der Waals surface area contributed by atoms with Crippen molar-refractivity contribution in [2.24, 2.45) is 0 Å². The zero-order chi connectivity index (χ0) is 16.9. The first kappa shape index (κ1) is 17.4. The van der Waals surface area contributed by atoms with Crippen LogP contribution in [0.25, 0.3) is 0 Å². The maximum absolute atomic E-state index is 12.1. The molecule has 1 fully saturated rings. The number of carbonyl (C=O) groups is 1. The first-order valence-corrected chi connectivity index (χ1v) is 7.28. The fourth-order valence-corrected chi connectivity index (χ4v) is 2.14. The Bertz CT molecular complexity index is 514. The quantitative estimate of drug-likeness (QED) is 0.922. The fraction of sp³-hybridized carbons (Fsp3) is 0.533. The number of halogens is 3. The molecule has 1 heterocycles. The topological polar surface area (TPSA) is 50.8 Å². The van der Waals surface area contributed by atoms with E-state index < -0.39 is 12.8 Å². The van der Waals surface area contributed by atoms with Crippen LogP contribution in [0.2, 0.25) is 0 Å². The van der Waals surface area contributed by atoms with Crippen molar-refractivity contribution in [1.29, 1.82) is 0 Å². The van der Waals surface area contributed by atoms with Gasteiger partial charge in [-0.25, -0.2) is 4.79 Å². The number of nitrogens with zero attached hydrogens (tertiary/aromatic N) is 1. The van der Waals surface area contributed by atoms with E-state index in [0.717, 1.165) is 5.56 Å². The predicted octanol–water partition coefficient (Wildman–Crippen LogP) is 2.73. The summed E-state index contributed by atoms with van der Waals surface area (Å²) in [7, 11) is 0. The van der Waals surface area contributed by atoms with Crippen molar-refractivity contribution in [1.82, 2.24) is 10.2 Å². The molecule has 8 heteroatoms. The number of nitrogens with one attached hydrogen (secondary N) is 1. The highest BCUT2D eigenvalue weighted by molar-refractivity contribution is 5.74. The van der Waals surface area contributed by atoms with E-state index in [2.05, 4.69) is 10.1 Å². The number of ether oxygens (including phenoxy) is 2. The fourth-order valence-electron chi connectivity index (χ4n) is 2.14. The van der Waals surface area contributed by atoms with Gasteiger partial charge in [-0.3, -0.25) is 0 Å². The van der Waals surface area contributed by atoms with Gasteiger partial charge in [0.1, 0.15) is 5.75 Å². The van der Waals surface area contributed by atoms with Crippen molar-refractivity contribution < 1.29 is 27.4 Å². The number of urea groups is 1. The lowest BCUT2D eigenvalue weighted by Gasteiger charge is -2.28. The lowest BCUT2D eigenvalue weighted by Crippen LogP contribution is -2.46. The van der Waals surface area contributed by atoms with Crippen molar-refractivity contribution >= 4 is 6.03 Å². The van der Waals surface area contributed by atoms with Crippen LogP contribution in [0.1, 0.15) is 18.5 Å². The molecule has 1 aromatic rings. The summed E-state index contributed by atoms with van der Waals surface area (Å²) in [4.78, 5) is 13.7. The molecular weight excluding hydrogens is 313 g/mol. The normalized spacial score (nSPS) is 16.8. The number of rotatable bonds is 4. The molecule has 0 aliphatic carbocycles. The van der Waals surface area contributed by atoms with E-state index in [-0.39, 0.29) is 17.8 Å². The lowest BCUT2D eigenvalue weighted by atomic mass is 10.1. The van der Waals surface area contributed by atoms with Gasteiger partial charge in [0, 0.05) is 13.1 Å². The van der Waals surface area contributed by atoms with Gasteiger partial charge >= 0.3 is 12.2 Å². The molecule has 128 valence electrons. The zero-order valence-corrected chi connectivity index (χ0v) is 12.7. The van der Waals surface area contributed by atoms with Crippen LogP contribution in [0.3, 0.4) is 0 Å². The number of carbonyl (C=O) groups excluding carboxylic acids is 1. The highest BCUT2D eigenvalue weighted by atomic mass is 19.4. The molecule has 23 heavy (non-hydrogen) atoms. The average molecular weight is 332 g/mol. The Kier molecular flexibility index (Phi) is 5.70. The van der Waals surface area contributed by atoms with Gasteiger partial charge < -0.3 is 19.7 Å². The van der Waals surface area contributed by atoms with Crippen molar-refractivity contribution in [2.75, 3.05) is 32.9 Å². The summed E-state index contributed by atoms with van der Waals surface area (Å²) >= 11 is 0. The van der Waals surface area contributed by atoms with E-state index in [9.17, 15) is 18.0 Å². The first-order chi connectivity index (χ1) is 10.8. The Morgan fingerprint density at radius 1 is 1.30 bits per heavy atom. The van der Waals surface area contributed by atoms with Crippen LogP contribution in [0.5, 0.6) is 5.75 Å². The molecule has 0 aromatic heterocycles. The third-order valence-electron chi connectivity index (χ3n) is 3.42. The molecule has 1 unspecified atom stereocenters. The number of hydrogen-bond acceptors (Lipinski definition) is 3. The van der Waals surface area contributed by atoms with Crippen molar-refractivity contribution in [3.05, 3.63) is 29.8 Å². The third kappa shape index (κ3) is 5.63. The molecule has 0 spiro atoms. The SMILES string of the molecule is CC(NC(=O)N1CCOCC1)c1ccc(OCC(F)(F)F)cc1. The van der Waals surface area contributed by atoms with Gasteiger partial charge in [0.25, 0.3) is 0 Å². The monoisotopic (exact) mass is 332 g/mol. The zero-order valence-electron chi connectivity index (χ0n) is 12.7. The molecule has 2 amide bonds. The Morgan fingerprint density at radius 2 is 1.91 bits per heavy atom. The maximum atomic E-state index is 12.1. The lowest BCUT2D eigenvalue weighted by molar-refractivity contribution is -0.153. The Morgan fingerprint density at radius 3 is 2.48 bits per heavy atom. The van der Waals surface area contributed by atoms with Crippen LogP contribution in [0.4, 0.5) is 18.0 Å². The molecule has 0 bridgehead atoms. The minimum Gasteiger partial charge on any atom is -0.484 e. The van der Waals surface area contributed by atoms with Gasteiger partial charge in [0.05, 0.1) is 19.3 Å². The number of hydrogen-bond donors (Lipinski definition) is 1. The predicted molar refractivity (Wildman–Crippen MR) is 77.3 cm³/mol. The number of morpholine rings is 1. The van der Waals surface area contributed by atoms with E-state index in [0.29, 0.717) is 26.3 Å². The summed E-state index contributed by atoms with van der Waals surface area (Å²) in [6, 6.07) is 5.74. The molecule has 1 aliphatic rings. The third-order valence-corrected chi connectivity index (χ3v) is 3.42. The largest absolute Gasteiger partial charge is 0.484 e. The Labute approximate surface area is 132 Å². The molecule has 2 rings (SSSR count). The molecule has 1 N–H and O–H groups in total. The molecule has 0 saturated carbocycles. The summed E-state index contributed by atoms with van der Waals surface area (Å²) < 4.78 is 46.1. The van der Waals surface area contributed by atoms with E-state index in [4.69, 9.17) is 4.74 Å². The van der Waals surface area contributed by atoms with Gasteiger partial charge in [-0.2, -0.15) is 13.2 Å². The second kappa shape index (κ2) is 7.54. The molecule has 1 aromatic carbocycles.